The van der Waals surface area contributed by atoms with Crippen molar-refractivity contribution in [3.05, 3.63) is 40.8 Å². The number of allylic oxidation sites excluding steroid dienone is 1. The molecule has 1 heterocycles. The third kappa shape index (κ3) is 4.30. The Kier molecular flexibility index (Phi) is 7.33. The van der Waals surface area contributed by atoms with E-state index in [0.717, 1.165) is 16.3 Å². The van der Waals surface area contributed by atoms with Gasteiger partial charge >= 0.3 is 0 Å². The molecule has 26 heavy (non-hydrogen) atoms. The largest absolute Gasteiger partial charge is 0.493 e. The van der Waals surface area contributed by atoms with Gasteiger partial charge in [-0.25, -0.2) is 0 Å². The molecule has 1 amide bonds. The van der Waals surface area contributed by atoms with Crippen molar-refractivity contribution in [3.63, 3.8) is 0 Å². The first-order chi connectivity index (χ1) is 12.6. The number of likely N-dealkylation sites (N-methyl/N-ethyl adjacent to an activating group) is 1. The van der Waals surface area contributed by atoms with E-state index in [1.54, 1.807) is 12.0 Å². The fraction of sp³-hybridized carbons (Fsp3) is 0.400. The van der Waals surface area contributed by atoms with Crippen LogP contribution in [0.15, 0.2) is 34.7 Å². The van der Waals surface area contributed by atoms with Crippen LogP contribution >= 0.6 is 11.8 Å². The highest BCUT2D eigenvalue weighted by molar-refractivity contribution is 8.18. The first-order valence-corrected chi connectivity index (χ1v) is 9.61. The molecule has 1 fully saturated rings. The minimum absolute atomic E-state index is 0.0104. The lowest BCUT2D eigenvalue weighted by atomic mass is 10.0. The van der Waals surface area contributed by atoms with Crippen molar-refractivity contribution >= 4 is 28.9 Å². The van der Waals surface area contributed by atoms with E-state index in [4.69, 9.17) is 9.47 Å². The van der Waals surface area contributed by atoms with E-state index in [2.05, 4.69) is 11.6 Å². The maximum Gasteiger partial charge on any atom is 0.266 e. The molecular weight excluding hydrogens is 348 g/mol. The topological polar surface area (TPSA) is 51.1 Å². The van der Waals surface area contributed by atoms with Gasteiger partial charge in [-0.15, -0.1) is 6.58 Å². The zero-order chi connectivity index (χ0) is 19.1. The average molecular weight is 375 g/mol. The summed E-state index contributed by atoms with van der Waals surface area (Å²) in [6.45, 7) is 11.5. The number of rotatable bonds is 8. The van der Waals surface area contributed by atoms with Gasteiger partial charge in [0.15, 0.2) is 16.7 Å². The fourth-order valence-corrected chi connectivity index (χ4v) is 3.86. The molecule has 0 saturated carbocycles. The molecule has 1 aliphatic heterocycles. The zero-order valence-corrected chi connectivity index (χ0v) is 16.7. The molecule has 1 aromatic rings. The lowest BCUT2D eigenvalue weighted by Gasteiger charge is -2.14. The van der Waals surface area contributed by atoms with Crippen molar-refractivity contribution in [2.45, 2.75) is 27.2 Å². The van der Waals surface area contributed by atoms with Crippen LogP contribution in [0.3, 0.4) is 0 Å². The Hall–Kier alpha value is -2.21. The van der Waals surface area contributed by atoms with Crippen LogP contribution in [0.4, 0.5) is 0 Å². The number of aliphatic imine (C=N–C) groups is 1. The van der Waals surface area contributed by atoms with E-state index in [1.807, 2.05) is 45.1 Å². The number of thioether (sulfide) groups is 1. The highest BCUT2D eigenvalue weighted by Crippen LogP contribution is 2.37. The second-order valence-corrected chi connectivity index (χ2v) is 6.56. The summed E-state index contributed by atoms with van der Waals surface area (Å²) in [7, 11) is 1.63. The summed E-state index contributed by atoms with van der Waals surface area (Å²) in [5, 5.41) is 0.760. The van der Waals surface area contributed by atoms with Crippen molar-refractivity contribution < 1.29 is 14.3 Å². The zero-order valence-electron chi connectivity index (χ0n) is 15.9. The number of amidine groups is 1. The number of hydrogen-bond acceptors (Lipinski definition) is 5. The molecule has 6 heteroatoms. The summed E-state index contributed by atoms with van der Waals surface area (Å²) in [5.74, 6) is 1.37. The molecule has 0 unspecified atom stereocenters. The van der Waals surface area contributed by atoms with E-state index in [1.165, 1.54) is 11.8 Å². The molecule has 0 bridgehead atoms. The van der Waals surface area contributed by atoms with Crippen LogP contribution < -0.4 is 9.47 Å². The predicted molar refractivity (Wildman–Crippen MR) is 109 cm³/mol. The number of nitrogens with zero attached hydrogens (tertiary/aromatic N) is 2. The molecule has 5 nitrogen and oxygen atoms in total. The molecule has 0 N–H and O–H groups in total. The average Bonchev–Trinajstić information content (AvgIpc) is 2.90. The van der Waals surface area contributed by atoms with Crippen molar-refractivity contribution in [3.8, 4) is 11.5 Å². The van der Waals surface area contributed by atoms with Gasteiger partial charge in [0.1, 0.15) is 0 Å². The minimum atomic E-state index is -0.0104. The normalized spacial score (nSPS) is 17.2. The minimum Gasteiger partial charge on any atom is -0.493 e. The maximum absolute atomic E-state index is 12.7. The van der Waals surface area contributed by atoms with E-state index in [0.29, 0.717) is 42.5 Å². The van der Waals surface area contributed by atoms with Crippen molar-refractivity contribution in [1.82, 2.24) is 4.90 Å². The van der Waals surface area contributed by atoms with Crippen molar-refractivity contribution in [1.29, 1.82) is 0 Å². The summed E-state index contributed by atoms with van der Waals surface area (Å²) < 4.78 is 11.3. The molecular formula is C20H26N2O3S. The number of ether oxygens (including phenoxy) is 2. The number of carbonyl (C=O) groups excluding carboxylic acids is 1. The van der Waals surface area contributed by atoms with Crippen LogP contribution in [0.2, 0.25) is 0 Å². The first-order valence-electron chi connectivity index (χ1n) is 8.79. The molecule has 1 aliphatic rings. The second kappa shape index (κ2) is 9.48. The molecule has 2 rings (SSSR count). The third-order valence-electron chi connectivity index (χ3n) is 3.82. The standard InChI is InChI=1S/C20H26N2O3S/c1-6-10-15-11-14(12-16(25-9-4)18(15)24-5)13-17-19(23)22(8-3)20(26-17)21-7-2/h6,11-13H,1,7-10H2,2-5H3/b17-13-,21-20?. The van der Waals surface area contributed by atoms with Gasteiger partial charge in [0.2, 0.25) is 0 Å². The second-order valence-electron chi connectivity index (χ2n) is 5.55. The molecule has 0 radical (unpaired) electrons. The van der Waals surface area contributed by atoms with Gasteiger partial charge in [-0.1, -0.05) is 6.08 Å². The summed E-state index contributed by atoms with van der Waals surface area (Å²) >= 11 is 1.41. The molecule has 0 atom stereocenters. The maximum atomic E-state index is 12.7. The highest BCUT2D eigenvalue weighted by atomic mass is 32.2. The summed E-state index contributed by atoms with van der Waals surface area (Å²) in [5.41, 5.74) is 1.88. The van der Waals surface area contributed by atoms with Crippen LogP contribution in [-0.2, 0) is 11.2 Å². The summed E-state index contributed by atoms with van der Waals surface area (Å²) in [6.07, 6.45) is 4.37. The van der Waals surface area contributed by atoms with Gasteiger partial charge in [-0.3, -0.25) is 14.7 Å². The molecule has 1 aromatic carbocycles. The quantitative estimate of drug-likeness (QED) is 0.507. The fourth-order valence-electron chi connectivity index (χ4n) is 2.76. The van der Waals surface area contributed by atoms with Gasteiger partial charge in [-0.05, 0) is 62.7 Å². The van der Waals surface area contributed by atoms with E-state index in [-0.39, 0.29) is 5.91 Å². The third-order valence-corrected chi connectivity index (χ3v) is 4.86. The van der Waals surface area contributed by atoms with E-state index in [9.17, 15) is 4.79 Å². The Bertz CT molecular complexity index is 741. The Morgan fingerprint density at radius 2 is 2.08 bits per heavy atom. The van der Waals surface area contributed by atoms with Gasteiger partial charge in [-0.2, -0.15) is 0 Å². The molecule has 140 valence electrons. The highest BCUT2D eigenvalue weighted by Gasteiger charge is 2.31. The summed E-state index contributed by atoms with van der Waals surface area (Å²) in [4.78, 5) is 19.4. The Morgan fingerprint density at radius 1 is 1.31 bits per heavy atom. The van der Waals surface area contributed by atoms with Crippen LogP contribution in [-0.4, -0.2) is 42.8 Å². The van der Waals surface area contributed by atoms with Crippen molar-refractivity contribution in [2.24, 2.45) is 4.99 Å². The number of amides is 1. The van der Waals surface area contributed by atoms with Gasteiger partial charge in [0, 0.05) is 18.7 Å². The Balaban J connectivity index is 2.47. The van der Waals surface area contributed by atoms with Crippen LogP contribution in [0, 0.1) is 0 Å². The number of carbonyl (C=O) groups is 1. The Morgan fingerprint density at radius 3 is 2.65 bits per heavy atom. The summed E-state index contributed by atoms with van der Waals surface area (Å²) in [6, 6.07) is 3.91. The predicted octanol–water partition coefficient (Wildman–Crippen LogP) is 4.13. The van der Waals surface area contributed by atoms with Gasteiger partial charge < -0.3 is 9.47 Å². The smallest absolute Gasteiger partial charge is 0.266 e. The monoisotopic (exact) mass is 374 g/mol. The van der Waals surface area contributed by atoms with E-state index >= 15 is 0 Å². The van der Waals surface area contributed by atoms with Crippen LogP contribution in [0.25, 0.3) is 6.08 Å². The number of benzene rings is 1. The van der Waals surface area contributed by atoms with Crippen LogP contribution in [0.1, 0.15) is 31.9 Å². The molecule has 1 saturated heterocycles. The van der Waals surface area contributed by atoms with Crippen LogP contribution in [0.5, 0.6) is 11.5 Å². The SMILES string of the molecule is C=CCc1cc(/C=C2\SC(=NCC)N(CC)C2=O)cc(OCC)c1OC. The lowest BCUT2D eigenvalue weighted by molar-refractivity contribution is -0.122. The number of hydrogen-bond donors (Lipinski definition) is 0. The number of methoxy groups -OCH3 is 1. The Labute approximate surface area is 159 Å². The lowest BCUT2D eigenvalue weighted by Crippen LogP contribution is -2.28. The van der Waals surface area contributed by atoms with Gasteiger partial charge in [0.25, 0.3) is 5.91 Å². The van der Waals surface area contributed by atoms with Crippen molar-refractivity contribution in [2.75, 3.05) is 26.8 Å². The molecule has 0 spiro atoms. The van der Waals surface area contributed by atoms with E-state index < -0.39 is 0 Å². The first kappa shape index (κ1) is 20.1. The molecule has 0 aliphatic carbocycles. The molecule has 0 aromatic heterocycles. The van der Waals surface area contributed by atoms with Gasteiger partial charge in [0.05, 0.1) is 18.6 Å².